The summed E-state index contributed by atoms with van der Waals surface area (Å²) in [5.74, 6) is 0.697. The van der Waals surface area contributed by atoms with E-state index in [0.717, 1.165) is 25.9 Å². The van der Waals surface area contributed by atoms with E-state index in [9.17, 15) is 8.42 Å². The molecule has 1 N–H and O–H groups in total. The fourth-order valence-electron chi connectivity index (χ4n) is 2.68. The first kappa shape index (κ1) is 16.2. The van der Waals surface area contributed by atoms with E-state index in [1.54, 1.807) is 16.4 Å². The summed E-state index contributed by atoms with van der Waals surface area (Å²) in [6.07, 6.45) is 3.28. The highest BCUT2D eigenvalue weighted by atomic mass is 32.2. The van der Waals surface area contributed by atoms with E-state index < -0.39 is 10.0 Å². The Morgan fingerprint density at radius 2 is 2.19 bits per heavy atom. The van der Waals surface area contributed by atoms with Crippen molar-refractivity contribution in [3.8, 4) is 0 Å². The van der Waals surface area contributed by atoms with Crippen LogP contribution in [-0.2, 0) is 10.0 Å². The van der Waals surface area contributed by atoms with Gasteiger partial charge in [0.2, 0.25) is 10.0 Å². The van der Waals surface area contributed by atoms with Crippen molar-refractivity contribution in [3.63, 3.8) is 0 Å². The molecule has 118 valence electrons. The Morgan fingerprint density at radius 1 is 1.43 bits per heavy atom. The minimum atomic E-state index is -3.45. The number of aromatic nitrogens is 1. The highest BCUT2D eigenvalue weighted by molar-refractivity contribution is 7.89. The maximum atomic E-state index is 12.7. The van der Waals surface area contributed by atoms with Crippen LogP contribution in [0, 0.1) is 0 Å². The first-order valence-electron chi connectivity index (χ1n) is 7.31. The van der Waals surface area contributed by atoms with Crippen LogP contribution in [-0.4, -0.2) is 62.4 Å². The van der Waals surface area contributed by atoms with E-state index in [1.165, 1.54) is 6.20 Å². The molecule has 1 aromatic heterocycles. The minimum absolute atomic E-state index is 0.0541. The van der Waals surface area contributed by atoms with Crippen LogP contribution in [0.4, 0.5) is 5.82 Å². The van der Waals surface area contributed by atoms with E-state index in [1.807, 2.05) is 25.9 Å². The van der Waals surface area contributed by atoms with Crippen molar-refractivity contribution in [1.82, 2.24) is 14.2 Å². The normalized spacial score (nSPS) is 20.1. The highest BCUT2D eigenvalue weighted by Crippen LogP contribution is 2.26. The van der Waals surface area contributed by atoms with Crippen LogP contribution >= 0.6 is 0 Å². The molecule has 1 aromatic rings. The van der Waals surface area contributed by atoms with Crippen molar-refractivity contribution < 1.29 is 8.42 Å². The quantitative estimate of drug-likeness (QED) is 0.856. The van der Waals surface area contributed by atoms with Gasteiger partial charge in [-0.3, -0.25) is 0 Å². The third kappa shape index (κ3) is 3.72. The van der Waals surface area contributed by atoms with Crippen molar-refractivity contribution >= 4 is 15.8 Å². The molecule has 1 saturated heterocycles. The van der Waals surface area contributed by atoms with Crippen molar-refractivity contribution in [3.05, 3.63) is 18.3 Å². The number of nitrogens with one attached hydrogen (secondary N) is 1. The minimum Gasteiger partial charge on any atom is -0.370 e. The summed E-state index contributed by atoms with van der Waals surface area (Å²) in [5, 5.41) is 3.06. The lowest BCUT2D eigenvalue weighted by atomic mass is 10.2. The van der Waals surface area contributed by atoms with E-state index in [2.05, 4.69) is 10.3 Å². The number of anilines is 1. The van der Waals surface area contributed by atoms with Gasteiger partial charge in [0.25, 0.3) is 0 Å². The van der Waals surface area contributed by atoms with Crippen molar-refractivity contribution in [1.29, 1.82) is 0 Å². The average Bonchev–Trinajstić information content (AvgIpc) is 2.88. The summed E-state index contributed by atoms with van der Waals surface area (Å²) in [5.41, 5.74) is 0. The molecule has 6 nitrogen and oxygen atoms in total. The van der Waals surface area contributed by atoms with Gasteiger partial charge in [-0.1, -0.05) is 0 Å². The molecule has 2 heterocycles. The lowest BCUT2D eigenvalue weighted by molar-refractivity contribution is 0.291. The van der Waals surface area contributed by atoms with Gasteiger partial charge in [-0.25, -0.2) is 13.4 Å². The van der Waals surface area contributed by atoms with Crippen LogP contribution in [0.25, 0.3) is 0 Å². The molecule has 0 aromatic carbocycles. The molecule has 0 amide bonds. The van der Waals surface area contributed by atoms with Gasteiger partial charge in [0.05, 0.1) is 0 Å². The van der Waals surface area contributed by atoms with E-state index in [4.69, 9.17) is 0 Å². The summed E-state index contributed by atoms with van der Waals surface area (Å²) >= 11 is 0. The Morgan fingerprint density at radius 3 is 2.76 bits per heavy atom. The Bertz CT molecular complexity index is 557. The summed E-state index contributed by atoms with van der Waals surface area (Å²) < 4.78 is 27.1. The van der Waals surface area contributed by atoms with Gasteiger partial charge in [0.15, 0.2) is 0 Å². The number of hydrogen-bond acceptors (Lipinski definition) is 5. The van der Waals surface area contributed by atoms with Gasteiger partial charge < -0.3 is 10.2 Å². The summed E-state index contributed by atoms with van der Waals surface area (Å²) in [7, 11) is 0.487. The number of nitrogens with zero attached hydrogens (tertiary/aromatic N) is 3. The topological polar surface area (TPSA) is 65.5 Å². The predicted octanol–water partition coefficient (Wildman–Crippen LogP) is 1.23. The number of rotatable bonds is 6. The molecule has 0 saturated carbocycles. The van der Waals surface area contributed by atoms with Gasteiger partial charge >= 0.3 is 0 Å². The second kappa shape index (κ2) is 6.72. The summed E-state index contributed by atoms with van der Waals surface area (Å²) in [4.78, 5) is 6.47. The van der Waals surface area contributed by atoms with E-state index >= 15 is 0 Å². The molecule has 1 unspecified atom stereocenters. The lowest BCUT2D eigenvalue weighted by Gasteiger charge is -2.26. The van der Waals surface area contributed by atoms with Crippen LogP contribution < -0.4 is 5.32 Å². The zero-order valence-electron chi connectivity index (χ0n) is 12.9. The average molecular weight is 312 g/mol. The smallest absolute Gasteiger partial charge is 0.244 e. The molecule has 1 aliphatic rings. The van der Waals surface area contributed by atoms with Crippen LogP contribution in [0.15, 0.2) is 23.2 Å². The van der Waals surface area contributed by atoms with Crippen molar-refractivity contribution in [2.45, 2.75) is 30.7 Å². The van der Waals surface area contributed by atoms with Crippen LogP contribution in [0.1, 0.15) is 19.8 Å². The van der Waals surface area contributed by atoms with Gasteiger partial charge in [0, 0.05) is 31.9 Å². The Kier molecular flexibility index (Phi) is 5.18. The molecular formula is C14H24N4O2S. The van der Waals surface area contributed by atoms with Crippen molar-refractivity contribution in [2.24, 2.45) is 0 Å². The molecular weight excluding hydrogens is 288 g/mol. The predicted molar refractivity (Wildman–Crippen MR) is 83.9 cm³/mol. The Labute approximate surface area is 127 Å². The number of likely N-dealkylation sites (N-methyl/N-ethyl adjacent to an activating group) is 1. The molecule has 0 bridgehead atoms. The molecule has 2 rings (SSSR count). The third-order valence-electron chi connectivity index (χ3n) is 3.60. The maximum absolute atomic E-state index is 12.7. The summed E-state index contributed by atoms with van der Waals surface area (Å²) in [6.45, 7) is 4.08. The van der Waals surface area contributed by atoms with Gasteiger partial charge in [0.1, 0.15) is 10.7 Å². The SMILES string of the molecule is CCNc1ccc(S(=O)(=O)N2CCCC2CN(C)C)cn1. The van der Waals surface area contributed by atoms with E-state index in [0.29, 0.717) is 12.4 Å². The largest absolute Gasteiger partial charge is 0.370 e. The second-order valence-corrected chi connectivity index (χ2v) is 7.47. The molecule has 1 fully saturated rings. The fourth-order valence-corrected chi connectivity index (χ4v) is 4.31. The standard InChI is InChI=1S/C14H24N4O2S/c1-4-15-14-8-7-13(10-16-14)21(19,20)18-9-5-6-12(18)11-17(2)3/h7-8,10,12H,4-6,9,11H2,1-3H3,(H,15,16). The molecule has 1 atom stereocenters. The Balaban J connectivity index is 2.20. The summed E-state index contributed by atoms with van der Waals surface area (Å²) in [6, 6.07) is 3.40. The number of pyridine rings is 1. The molecule has 0 spiro atoms. The Hall–Kier alpha value is -1.18. The number of hydrogen-bond donors (Lipinski definition) is 1. The molecule has 1 aliphatic heterocycles. The fraction of sp³-hybridized carbons (Fsp3) is 0.643. The lowest BCUT2D eigenvalue weighted by Crippen LogP contribution is -2.41. The van der Waals surface area contributed by atoms with Crippen molar-refractivity contribution in [2.75, 3.05) is 39.0 Å². The monoisotopic (exact) mass is 312 g/mol. The van der Waals surface area contributed by atoms with Gasteiger partial charge in [-0.2, -0.15) is 4.31 Å². The van der Waals surface area contributed by atoms with Crippen LogP contribution in [0.3, 0.4) is 0 Å². The molecule has 21 heavy (non-hydrogen) atoms. The van der Waals surface area contributed by atoms with Crippen LogP contribution in [0.2, 0.25) is 0 Å². The first-order valence-corrected chi connectivity index (χ1v) is 8.75. The van der Waals surface area contributed by atoms with Crippen LogP contribution in [0.5, 0.6) is 0 Å². The third-order valence-corrected chi connectivity index (χ3v) is 5.54. The second-order valence-electron chi connectivity index (χ2n) is 5.58. The van der Waals surface area contributed by atoms with E-state index in [-0.39, 0.29) is 10.9 Å². The highest BCUT2D eigenvalue weighted by Gasteiger charge is 2.35. The zero-order valence-corrected chi connectivity index (χ0v) is 13.7. The molecule has 0 radical (unpaired) electrons. The molecule has 7 heteroatoms. The number of sulfonamides is 1. The van der Waals surface area contributed by atoms with Gasteiger partial charge in [-0.15, -0.1) is 0 Å². The zero-order chi connectivity index (χ0) is 15.5. The van der Waals surface area contributed by atoms with Gasteiger partial charge in [-0.05, 0) is 46.0 Å². The maximum Gasteiger partial charge on any atom is 0.244 e. The first-order chi connectivity index (χ1) is 9.95. The molecule has 0 aliphatic carbocycles.